The number of aryl methyl sites for hydroxylation is 2. The smallest absolute Gasteiger partial charge is 0.295 e. The molecule has 4 rings (SSSR count). The van der Waals surface area contributed by atoms with Crippen LogP contribution in [0.4, 0.5) is 5.69 Å². The van der Waals surface area contributed by atoms with E-state index in [-0.39, 0.29) is 5.82 Å². The van der Waals surface area contributed by atoms with E-state index in [0.29, 0.717) is 21.6 Å². The summed E-state index contributed by atoms with van der Waals surface area (Å²) >= 11 is 12.1. The second kappa shape index (κ2) is 8.30. The predicted molar refractivity (Wildman–Crippen MR) is 121 cm³/mol. The van der Waals surface area contributed by atoms with E-state index < -0.39 is 5.91 Å². The Bertz CT molecular complexity index is 1240. The number of hydrogen-bond donors (Lipinski definition) is 1. The van der Waals surface area contributed by atoms with Crippen LogP contribution in [0.3, 0.4) is 0 Å². The summed E-state index contributed by atoms with van der Waals surface area (Å²) in [6, 6.07) is 20.5. The van der Waals surface area contributed by atoms with Gasteiger partial charge in [-0.05, 0) is 43.7 Å². The highest BCUT2D eigenvalue weighted by Gasteiger charge is 2.20. The standard InChI is InChI=1S/C23H18Cl2N4O/c1-14-8-11-20(15(2)12-14)29-22(16-6-4-3-5-7-16)27-21(28-29)23(30)26-19-10-9-17(24)13-18(19)25/h3-13H,1-2H3,(H,26,30). The number of halogens is 2. The van der Waals surface area contributed by atoms with Crippen molar-refractivity contribution in [1.29, 1.82) is 0 Å². The molecule has 0 saturated heterocycles. The summed E-state index contributed by atoms with van der Waals surface area (Å²) in [5, 5.41) is 8.10. The number of nitrogens with one attached hydrogen (secondary N) is 1. The van der Waals surface area contributed by atoms with Crippen molar-refractivity contribution in [3.8, 4) is 17.1 Å². The van der Waals surface area contributed by atoms with Crippen molar-refractivity contribution in [2.24, 2.45) is 0 Å². The molecule has 30 heavy (non-hydrogen) atoms. The van der Waals surface area contributed by atoms with Gasteiger partial charge in [-0.3, -0.25) is 4.79 Å². The van der Waals surface area contributed by atoms with Crippen LogP contribution in [0.2, 0.25) is 10.0 Å². The third kappa shape index (κ3) is 4.08. The lowest BCUT2D eigenvalue weighted by Gasteiger charge is -2.09. The first-order valence-electron chi connectivity index (χ1n) is 9.29. The lowest BCUT2D eigenvalue weighted by molar-refractivity contribution is 0.101. The van der Waals surface area contributed by atoms with Gasteiger partial charge in [-0.15, -0.1) is 5.10 Å². The molecule has 3 aromatic carbocycles. The maximum atomic E-state index is 12.9. The molecular formula is C23H18Cl2N4O. The van der Waals surface area contributed by atoms with Crippen LogP contribution in [0.25, 0.3) is 17.1 Å². The van der Waals surface area contributed by atoms with E-state index in [1.165, 1.54) is 0 Å². The number of nitrogens with zero attached hydrogens (tertiary/aromatic N) is 3. The van der Waals surface area contributed by atoms with Crippen LogP contribution in [0.1, 0.15) is 21.7 Å². The van der Waals surface area contributed by atoms with Crippen molar-refractivity contribution in [3.63, 3.8) is 0 Å². The number of anilines is 1. The summed E-state index contributed by atoms with van der Waals surface area (Å²) in [4.78, 5) is 17.4. The van der Waals surface area contributed by atoms with E-state index in [2.05, 4.69) is 21.5 Å². The molecule has 1 heterocycles. The van der Waals surface area contributed by atoms with Gasteiger partial charge in [0.2, 0.25) is 5.82 Å². The second-order valence-electron chi connectivity index (χ2n) is 6.91. The van der Waals surface area contributed by atoms with Crippen molar-refractivity contribution in [2.75, 3.05) is 5.32 Å². The number of hydrogen-bond acceptors (Lipinski definition) is 3. The Balaban J connectivity index is 1.78. The normalized spacial score (nSPS) is 10.8. The molecule has 0 atom stereocenters. The molecule has 0 unspecified atom stereocenters. The largest absolute Gasteiger partial charge is 0.318 e. The first-order chi connectivity index (χ1) is 14.4. The minimum absolute atomic E-state index is 0.0415. The van der Waals surface area contributed by atoms with Crippen LogP contribution in [0, 0.1) is 13.8 Å². The first kappa shape index (κ1) is 20.1. The average molecular weight is 437 g/mol. The van der Waals surface area contributed by atoms with Crippen LogP contribution >= 0.6 is 23.2 Å². The lowest BCUT2D eigenvalue weighted by Crippen LogP contribution is -2.14. The number of benzene rings is 3. The molecule has 150 valence electrons. The van der Waals surface area contributed by atoms with E-state index >= 15 is 0 Å². The highest BCUT2D eigenvalue weighted by atomic mass is 35.5. The molecule has 0 aliphatic heterocycles. The number of amides is 1. The predicted octanol–water partition coefficient (Wildman–Crippen LogP) is 6.11. The summed E-state index contributed by atoms with van der Waals surface area (Å²) in [5.41, 5.74) is 4.33. The first-order valence-corrected chi connectivity index (χ1v) is 10.0. The Morgan fingerprint density at radius 2 is 1.73 bits per heavy atom. The molecule has 0 fully saturated rings. The topological polar surface area (TPSA) is 59.8 Å². The Labute approximate surface area is 184 Å². The van der Waals surface area contributed by atoms with Crippen molar-refractivity contribution in [3.05, 3.63) is 93.7 Å². The third-order valence-corrected chi connectivity index (χ3v) is 5.15. The van der Waals surface area contributed by atoms with E-state index in [1.807, 2.05) is 56.3 Å². The number of rotatable bonds is 4. The molecule has 5 nitrogen and oxygen atoms in total. The van der Waals surface area contributed by atoms with E-state index in [9.17, 15) is 4.79 Å². The number of aromatic nitrogens is 3. The molecule has 0 bridgehead atoms. The minimum Gasteiger partial charge on any atom is -0.318 e. The third-order valence-electron chi connectivity index (χ3n) is 4.60. The molecule has 0 aliphatic carbocycles. The van der Waals surface area contributed by atoms with Crippen LogP contribution in [-0.2, 0) is 0 Å². The average Bonchev–Trinajstić information content (AvgIpc) is 3.16. The van der Waals surface area contributed by atoms with Crippen molar-refractivity contribution < 1.29 is 4.79 Å². The fourth-order valence-corrected chi connectivity index (χ4v) is 3.62. The summed E-state index contributed by atoms with van der Waals surface area (Å²) in [5.74, 6) is 0.162. The molecule has 4 aromatic rings. The molecule has 0 spiro atoms. The van der Waals surface area contributed by atoms with Crippen LogP contribution in [-0.4, -0.2) is 20.7 Å². The van der Waals surface area contributed by atoms with Gasteiger partial charge in [0, 0.05) is 10.6 Å². The zero-order valence-electron chi connectivity index (χ0n) is 16.4. The Kier molecular flexibility index (Phi) is 5.57. The highest BCUT2D eigenvalue weighted by Crippen LogP contribution is 2.27. The zero-order valence-corrected chi connectivity index (χ0v) is 17.9. The van der Waals surface area contributed by atoms with Gasteiger partial charge in [-0.1, -0.05) is 71.2 Å². The Morgan fingerprint density at radius 1 is 0.967 bits per heavy atom. The molecule has 0 aliphatic rings. The van der Waals surface area contributed by atoms with Gasteiger partial charge in [-0.2, -0.15) is 0 Å². The zero-order chi connectivity index (χ0) is 21.3. The summed E-state index contributed by atoms with van der Waals surface area (Å²) in [7, 11) is 0. The lowest BCUT2D eigenvalue weighted by atomic mass is 10.1. The molecule has 1 N–H and O–H groups in total. The summed E-state index contributed by atoms with van der Waals surface area (Å²) < 4.78 is 1.70. The van der Waals surface area contributed by atoms with Gasteiger partial charge in [-0.25, -0.2) is 9.67 Å². The van der Waals surface area contributed by atoms with Gasteiger partial charge >= 0.3 is 0 Å². The van der Waals surface area contributed by atoms with Crippen LogP contribution in [0.5, 0.6) is 0 Å². The molecule has 1 amide bonds. The van der Waals surface area contributed by atoms with E-state index in [0.717, 1.165) is 22.4 Å². The van der Waals surface area contributed by atoms with Gasteiger partial charge in [0.25, 0.3) is 5.91 Å². The molecule has 7 heteroatoms. The van der Waals surface area contributed by atoms with Crippen molar-refractivity contribution in [2.45, 2.75) is 13.8 Å². The van der Waals surface area contributed by atoms with Crippen LogP contribution in [0.15, 0.2) is 66.7 Å². The van der Waals surface area contributed by atoms with Gasteiger partial charge in [0.05, 0.1) is 16.4 Å². The van der Waals surface area contributed by atoms with Gasteiger partial charge < -0.3 is 5.32 Å². The molecule has 0 radical (unpaired) electrons. The van der Waals surface area contributed by atoms with E-state index in [4.69, 9.17) is 23.2 Å². The fraction of sp³-hybridized carbons (Fsp3) is 0.0870. The Morgan fingerprint density at radius 3 is 2.43 bits per heavy atom. The number of carbonyl (C=O) groups is 1. The molecular weight excluding hydrogens is 419 g/mol. The van der Waals surface area contributed by atoms with Crippen LogP contribution < -0.4 is 5.32 Å². The number of carbonyl (C=O) groups excluding carboxylic acids is 1. The highest BCUT2D eigenvalue weighted by molar-refractivity contribution is 6.36. The summed E-state index contributed by atoms with van der Waals surface area (Å²) in [6.45, 7) is 4.04. The quantitative estimate of drug-likeness (QED) is 0.419. The van der Waals surface area contributed by atoms with Gasteiger partial charge in [0.15, 0.2) is 5.82 Å². The minimum atomic E-state index is -0.458. The fourth-order valence-electron chi connectivity index (χ4n) is 3.16. The van der Waals surface area contributed by atoms with Crippen molar-refractivity contribution in [1.82, 2.24) is 14.8 Å². The Hall–Kier alpha value is -3.15. The summed E-state index contributed by atoms with van der Waals surface area (Å²) in [6.07, 6.45) is 0. The SMILES string of the molecule is Cc1ccc(-n2nc(C(=O)Nc3ccc(Cl)cc3Cl)nc2-c2ccccc2)c(C)c1. The second-order valence-corrected chi connectivity index (χ2v) is 7.75. The monoisotopic (exact) mass is 436 g/mol. The van der Waals surface area contributed by atoms with E-state index in [1.54, 1.807) is 22.9 Å². The molecule has 1 aromatic heterocycles. The maximum Gasteiger partial charge on any atom is 0.295 e. The van der Waals surface area contributed by atoms with Crippen molar-refractivity contribution >= 4 is 34.8 Å². The van der Waals surface area contributed by atoms with Gasteiger partial charge in [0.1, 0.15) is 0 Å². The molecule has 0 saturated carbocycles. The maximum absolute atomic E-state index is 12.9.